The molecule has 3 aromatic rings. The summed E-state index contributed by atoms with van der Waals surface area (Å²) in [6.07, 6.45) is 5.01. The van der Waals surface area contributed by atoms with Crippen LogP contribution < -0.4 is 0 Å². The summed E-state index contributed by atoms with van der Waals surface area (Å²) in [7, 11) is 0. The van der Waals surface area contributed by atoms with Crippen LogP contribution in [-0.4, -0.2) is 30.6 Å². The Bertz CT molecular complexity index is 780. The standard InChI is InChI=1S/C14H12N4O2/c1-9-6-11-14(16-7-9)18(8-12(19)20)13(17-11)10-2-4-15-5-3-10/h2-7H,8H2,1H3,(H,19,20). The molecule has 0 saturated carbocycles. The van der Waals surface area contributed by atoms with Crippen molar-refractivity contribution in [2.75, 3.05) is 0 Å². The number of aromatic nitrogens is 4. The number of nitrogens with zero attached hydrogens (tertiary/aromatic N) is 4. The monoisotopic (exact) mass is 268 g/mol. The van der Waals surface area contributed by atoms with Crippen molar-refractivity contribution in [2.24, 2.45) is 0 Å². The third-order valence-electron chi connectivity index (χ3n) is 2.95. The maximum Gasteiger partial charge on any atom is 0.323 e. The Kier molecular flexibility index (Phi) is 2.90. The molecule has 0 bridgehead atoms. The Hall–Kier alpha value is -2.76. The fourth-order valence-electron chi connectivity index (χ4n) is 2.12. The average Bonchev–Trinajstić information content (AvgIpc) is 2.77. The Morgan fingerprint density at radius 3 is 2.80 bits per heavy atom. The number of carboxylic acids is 1. The third kappa shape index (κ3) is 2.11. The van der Waals surface area contributed by atoms with Crippen LogP contribution in [0.15, 0.2) is 36.8 Å². The van der Waals surface area contributed by atoms with Gasteiger partial charge in [0, 0.05) is 24.2 Å². The number of imidazole rings is 1. The van der Waals surface area contributed by atoms with Crippen LogP contribution in [0.2, 0.25) is 0 Å². The molecule has 0 atom stereocenters. The van der Waals surface area contributed by atoms with E-state index in [0.29, 0.717) is 17.0 Å². The zero-order valence-corrected chi connectivity index (χ0v) is 10.8. The molecule has 0 radical (unpaired) electrons. The lowest BCUT2D eigenvalue weighted by atomic mass is 10.2. The van der Waals surface area contributed by atoms with Crippen LogP contribution in [-0.2, 0) is 11.3 Å². The molecule has 1 N–H and O–H groups in total. The van der Waals surface area contributed by atoms with Crippen molar-refractivity contribution in [3.05, 3.63) is 42.4 Å². The van der Waals surface area contributed by atoms with Gasteiger partial charge in [0.25, 0.3) is 0 Å². The predicted molar refractivity (Wildman–Crippen MR) is 73.1 cm³/mol. The van der Waals surface area contributed by atoms with Gasteiger partial charge in [-0.25, -0.2) is 9.97 Å². The molecule has 20 heavy (non-hydrogen) atoms. The van der Waals surface area contributed by atoms with E-state index in [1.807, 2.05) is 13.0 Å². The molecule has 3 aromatic heterocycles. The molecule has 0 fully saturated rings. The summed E-state index contributed by atoms with van der Waals surface area (Å²) in [5.74, 6) is -0.343. The lowest BCUT2D eigenvalue weighted by Gasteiger charge is -2.05. The number of aryl methyl sites for hydroxylation is 1. The van der Waals surface area contributed by atoms with Gasteiger partial charge in [-0.15, -0.1) is 0 Å². The van der Waals surface area contributed by atoms with E-state index in [1.165, 1.54) is 0 Å². The normalized spacial score (nSPS) is 10.8. The quantitative estimate of drug-likeness (QED) is 0.784. The number of fused-ring (bicyclic) bond motifs is 1. The molecule has 0 saturated heterocycles. The Labute approximate surface area is 114 Å². The van der Waals surface area contributed by atoms with Crippen molar-refractivity contribution in [2.45, 2.75) is 13.5 Å². The van der Waals surface area contributed by atoms with E-state index >= 15 is 0 Å². The van der Waals surface area contributed by atoms with Gasteiger partial charge in [-0.3, -0.25) is 14.3 Å². The highest BCUT2D eigenvalue weighted by molar-refractivity contribution is 5.80. The SMILES string of the molecule is Cc1cnc2c(c1)nc(-c1ccncc1)n2CC(=O)O. The van der Waals surface area contributed by atoms with Gasteiger partial charge in [0.1, 0.15) is 17.9 Å². The van der Waals surface area contributed by atoms with Crippen molar-refractivity contribution in [3.8, 4) is 11.4 Å². The summed E-state index contributed by atoms with van der Waals surface area (Å²) in [6, 6.07) is 5.49. The van der Waals surface area contributed by atoms with Gasteiger partial charge in [-0.05, 0) is 30.7 Å². The van der Waals surface area contributed by atoms with Gasteiger partial charge < -0.3 is 5.11 Å². The van der Waals surface area contributed by atoms with Crippen molar-refractivity contribution in [1.29, 1.82) is 0 Å². The summed E-state index contributed by atoms with van der Waals surface area (Å²) in [6.45, 7) is 1.75. The van der Waals surface area contributed by atoms with Crippen LogP contribution in [0.25, 0.3) is 22.6 Å². The molecular weight excluding hydrogens is 256 g/mol. The number of carboxylic acid groups (broad SMARTS) is 1. The van der Waals surface area contributed by atoms with Crippen molar-refractivity contribution in [3.63, 3.8) is 0 Å². The van der Waals surface area contributed by atoms with Gasteiger partial charge in [0.2, 0.25) is 0 Å². The summed E-state index contributed by atoms with van der Waals surface area (Å²) in [5, 5.41) is 9.08. The first-order chi connectivity index (χ1) is 9.65. The summed E-state index contributed by atoms with van der Waals surface area (Å²) >= 11 is 0. The molecule has 3 rings (SSSR count). The van der Waals surface area contributed by atoms with Crippen LogP contribution >= 0.6 is 0 Å². The first kappa shape index (κ1) is 12.3. The lowest BCUT2D eigenvalue weighted by Crippen LogP contribution is -2.10. The van der Waals surface area contributed by atoms with Crippen LogP contribution in [0.5, 0.6) is 0 Å². The number of pyridine rings is 2. The zero-order chi connectivity index (χ0) is 14.1. The van der Waals surface area contributed by atoms with Crippen molar-refractivity contribution >= 4 is 17.1 Å². The Morgan fingerprint density at radius 2 is 2.10 bits per heavy atom. The minimum atomic E-state index is -0.929. The van der Waals surface area contributed by atoms with Gasteiger partial charge in [0.05, 0.1) is 0 Å². The Balaban J connectivity index is 2.27. The second kappa shape index (κ2) is 4.73. The smallest absolute Gasteiger partial charge is 0.323 e. The molecule has 0 aromatic carbocycles. The third-order valence-corrected chi connectivity index (χ3v) is 2.95. The summed E-state index contributed by atoms with van der Waals surface area (Å²) < 4.78 is 1.60. The maximum absolute atomic E-state index is 11.1. The maximum atomic E-state index is 11.1. The average molecular weight is 268 g/mol. The van der Waals surface area contributed by atoms with Gasteiger partial charge in [-0.2, -0.15) is 0 Å². The minimum Gasteiger partial charge on any atom is -0.480 e. The van der Waals surface area contributed by atoms with E-state index in [-0.39, 0.29) is 6.54 Å². The number of carbonyl (C=O) groups is 1. The highest BCUT2D eigenvalue weighted by Crippen LogP contribution is 2.23. The highest BCUT2D eigenvalue weighted by atomic mass is 16.4. The van der Waals surface area contributed by atoms with E-state index in [1.54, 1.807) is 35.3 Å². The van der Waals surface area contributed by atoms with Crippen LogP contribution in [0.3, 0.4) is 0 Å². The molecule has 3 heterocycles. The largest absolute Gasteiger partial charge is 0.480 e. The zero-order valence-electron chi connectivity index (χ0n) is 10.8. The molecule has 6 nitrogen and oxygen atoms in total. The number of hydrogen-bond donors (Lipinski definition) is 1. The molecular formula is C14H12N4O2. The number of hydrogen-bond acceptors (Lipinski definition) is 4. The van der Waals surface area contributed by atoms with Gasteiger partial charge >= 0.3 is 5.97 Å². The number of rotatable bonds is 3. The molecule has 0 aliphatic carbocycles. The van der Waals surface area contributed by atoms with E-state index in [9.17, 15) is 4.79 Å². The minimum absolute atomic E-state index is 0.176. The van der Waals surface area contributed by atoms with Crippen molar-refractivity contribution < 1.29 is 9.90 Å². The fourth-order valence-corrected chi connectivity index (χ4v) is 2.12. The second-order valence-electron chi connectivity index (χ2n) is 4.51. The van der Waals surface area contributed by atoms with Crippen LogP contribution in [0.4, 0.5) is 0 Å². The van der Waals surface area contributed by atoms with Crippen LogP contribution in [0.1, 0.15) is 5.56 Å². The number of aliphatic carboxylic acids is 1. The summed E-state index contributed by atoms with van der Waals surface area (Å²) in [5.41, 5.74) is 3.07. The molecule has 6 heteroatoms. The molecule has 0 unspecified atom stereocenters. The van der Waals surface area contributed by atoms with Gasteiger partial charge in [0.15, 0.2) is 5.65 Å². The predicted octanol–water partition coefficient (Wildman–Crippen LogP) is 1.89. The molecule has 100 valence electrons. The van der Waals surface area contributed by atoms with Crippen molar-refractivity contribution in [1.82, 2.24) is 19.5 Å². The molecule has 0 spiro atoms. The fraction of sp³-hybridized carbons (Fsp3) is 0.143. The topological polar surface area (TPSA) is 80.9 Å². The van der Waals surface area contributed by atoms with E-state index in [2.05, 4.69) is 15.0 Å². The molecule has 0 aliphatic heterocycles. The lowest BCUT2D eigenvalue weighted by molar-refractivity contribution is -0.137. The van der Waals surface area contributed by atoms with Crippen LogP contribution in [0, 0.1) is 6.92 Å². The first-order valence-corrected chi connectivity index (χ1v) is 6.10. The first-order valence-electron chi connectivity index (χ1n) is 6.10. The van der Waals surface area contributed by atoms with E-state index in [0.717, 1.165) is 11.1 Å². The van der Waals surface area contributed by atoms with E-state index < -0.39 is 5.97 Å². The van der Waals surface area contributed by atoms with Gasteiger partial charge in [-0.1, -0.05) is 0 Å². The molecule has 0 amide bonds. The second-order valence-corrected chi connectivity index (χ2v) is 4.51. The Morgan fingerprint density at radius 1 is 1.35 bits per heavy atom. The summed E-state index contributed by atoms with van der Waals surface area (Å²) in [4.78, 5) is 23.8. The highest BCUT2D eigenvalue weighted by Gasteiger charge is 2.15. The molecule has 0 aliphatic rings. The van der Waals surface area contributed by atoms with E-state index in [4.69, 9.17) is 5.11 Å².